The highest BCUT2D eigenvalue weighted by Gasteiger charge is 2.51. The molecule has 2 atom stereocenters. The van der Waals surface area contributed by atoms with Crippen LogP contribution in [0, 0.1) is 0 Å². The van der Waals surface area contributed by atoms with Crippen LogP contribution in [0.15, 0.2) is 91.0 Å². The first kappa shape index (κ1) is 26.8. The Balaban J connectivity index is 1.52. The summed E-state index contributed by atoms with van der Waals surface area (Å²) in [6.07, 6.45) is 0.599. The molecule has 3 aromatic carbocycles. The molecule has 1 fully saturated rings. The molecule has 5 heteroatoms. The van der Waals surface area contributed by atoms with E-state index < -0.39 is 14.1 Å². The zero-order valence-corrected chi connectivity index (χ0v) is 23.3. The average Bonchev–Trinajstić information content (AvgIpc) is 2.85. The molecule has 36 heavy (non-hydrogen) atoms. The lowest BCUT2D eigenvalue weighted by molar-refractivity contribution is -0.309. The van der Waals surface area contributed by atoms with Crippen LogP contribution in [0.4, 0.5) is 0 Å². The zero-order chi connectivity index (χ0) is 25.7. The summed E-state index contributed by atoms with van der Waals surface area (Å²) in [4.78, 5) is 0. The summed E-state index contributed by atoms with van der Waals surface area (Å²) in [6, 6.07) is 31.7. The summed E-state index contributed by atoms with van der Waals surface area (Å²) in [5, 5.41) is 2.48. The predicted molar refractivity (Wildman–Crippen MR) is 148 cm³/mol. The van der Waals surface area contributed by atoms with Crippen molar-refractivity contribution in [1.82, 2.24) is 0 Å². The van der Waals surface area contributed by atoms with Crippen LogP contribution >= 0.6 is 0 Å². The number of hydrogen-bond donors (Lipinski definition) is 0. The Kier molecular flexibility index (Phi) is 8.48. The van der Waals surface area contributed by atoms with E-state index in [9.17, 15) is 0 Å². The molecule has 4 nitrogen and oxygen atoms in total. The van der Waals surface area contributed by atoms with Gasteiger partial charge in [-0.2, -0.15) is 0 Å². The van der Waals surface area contributed by atoms with E-state index in [1.807, 2.05) is 32.0 Å². The number of rotatable bonds is 9. The first-order valence-electron chi connectivity index (χ1n) is 12.9. The quantitative estimate of drug-likeness (QED) is 0.351. The maximum atomic E-state index is 7.14. The van der Waals surface area contributed by atoms with Gasteiger partial charge >= 0.3 is 0 Å². The molecular formula is C31H40O4Si. The van der Waals surface area contributed by atoms with E-state index in [0.29, 0.717) is 19.8 Å². The van der Waals surface area contributed by atoms with Crippen LogP contribution in [0.3, 0.4) is 0 Å². The minimum atomic E-state index is -2.62. The van der Waals surface area contributed by atoms with Crippen molar-refractivity contribution >= 4 is 18.7 Å². The van der Waals surface area contributed by atoms with Crippen molar-refractivity contribution in [3.8, 4) is 0 Å². The minimum Gasteiger partial charge on any atom is -0.405 e. The van der Waals surface area contributed by atoms with Gasteiger partial charge in [0, 0.05) is 6.42 Å². The van der Waals surface area contributed by atoms with Gasteiger partial charge in [-0.15, -0.1) is 0 Å². The highest BCUT2D eigenvalue weighted by molar-refractivity contribution is 6.99. The van der Waals surface area contributed by atoms with Crippen molar-refractivity contribution < 1.29 is 18.6 Å². The molecule has 192 valence electrons. The Labute approximate surface area is 217 Å². The molecular weight excluding hydrogens is 464 g/mol. The van der Waals surface area contributed by atoms with Crippen LogP contribution in [0.2, 0.25) is 5.04 Å². The van der Waals surface area contributed by atoms with E-state index in [0.717, 1.165) is 12.0 Å². The molecule has 4 rings (SSSR count). The number of benzene rings is 3. The smallest absolute Gasteiger partial charge is 0.261 e. The lowest BCUT2D eigenvalue weighted by Gasteiger charge is -2.45. The van der Waals surface area contributed by atoms with E-state index in [4.69, 9.17) is 18.6 Å². The summed E-state index contributed by atoms with van der Waals surface area (Å²) in [5.74, 6) is -0.696. The van der Waals surface area contributed by atoms with Gasteiger partial charge < -0.3 is 18.6 Å². The van der Waals surface area contributed by atoms with Crippen LogP contribution in [0.5, 0.6) is 0 Å². The number of hydrogen-bond acceptors (Lipinski definition) is 4. The lowest BCUT2D eigenvalue weighted by atomic mass is 10.1. The summed E-state index contributed by atoms with van der Waals surface area (Å²) in [6.45, 7) is 12.5. The van der Waals surface area contributed by atoms with Gasteiger partial charge in [0.1, 0.15) is 0 Å². The Morgan fingerprint density at radius 1 is 0.750 bits per heavy atom. The minimum absolute atomic E-state index is 0.0507. The molecule has 0 amide bonds. The van der Waals surface area contributed by atoms with Gasteiger partial charge in [-0.05, 0) is 34.8 Å². The predicted octanol–water partition coefficient (Wildman–Crippen LogP) is 5.69. The second-order valence-corrected chi connectivity index (χ2v) is 15.4. The normalized spacial score (nSPS) is 20.2. The zero-order valence-electron chi connectivity index (χ0n) is 22.3. The highest BCUT2D eigenvalue weighted by Crippen LogP contribution is 2.37. The summed E-state index contributed by atoms with van der Waals surface area (Å²) < 4.78 is 25.8. The molecule has 0 saturated carbocycles. The van der Waals surface area contributed by atoms with Gasteiger partial charge in [0.25, 0.3) is 8.32 Å². The van der Waals surface area contributed by atoms with Gasteiger partial charge in [0.05, 0.1) is 32.0 Å². The molecule has 3 aromatic rings. The monoisotopic (exact) mass is 504 g/mol. The molecule has 0 radical (unpaired) electrons. The third-order valence-electron chi connectivity index (χ3n) is 6.74. The summed E-state index contributed by atoms with van der Waals surface area (Å²) in [5.41, 5.74) is 1.16. The standard InChI is InChI=1S/C31H40O4Si/c1-30(2,3)36(28-17-11-7-12-18-28,29-19-13-8-14-20-29)33-24-27-21-26(34-31(4,5)35-27)23-32-22-25-15-9-6-10-16-25/h6-20,26-27H,21-24H2,1-5H3/t26-,27-/m1/s1. The first-order valence-corrected chi connectivity index (χ1v) is 14.8. The van der Waals surface area contributed by atoms with Crippen LogP contribution in [-0.4, -0.2) is 39.5 Å². The fraction of sp³-hybridized carbons (Fsp3) is 0.419. The number of ether oxygens (including phenoxy) is 3. The second kappa shape index (κ2) is 11.4. The Morgan fingerprint density at radius 3 is 1.72 bits per heavy atom. The first-order chi connectivity index (χ1) is 17.2. The molecule has 0 aromatic heterocycles. The van der Waals surface area contributed by atoms with Gasteiger partial charge in [0.15, 0.2) is 5.79 Å². The van der Waals surface area contributed by atoms with Gasteiger partial charge in [0.2, 0.25) is 0 Å². The van der Waals surface area contributed by atoms with E-state index in [-0.39, 0.29) is 17.2 Å². The van der Waals surface area contributed by atoms with Crippen LogP contribution in [0.1, 0.15) is 46.6 Å². The highest BCUT2D eigenvalue weighted by atomic mass is 28.4. The van der Waals surface area contributed by atoms with Crippen molar-refractivity contribution in [2.24, 2.45) is 0 Å². The molecule has 1 aliphatic rings. The maximum Gasteiger partial charge on any atom is 0.261 e. The molecule has 0 spiro atoms. The topological polar surface area (TPSA) is 36.9 Å². The van der Waals surface area contributed by atoms with Gasteiger partial charge in [-0.3, -0.25) is 0 Å². The third kappa shape index (κ3) is 6.34. The van der Waals surface area contributed by atoms with Crippen molar-refractivity contribution in [3.63, 3.8) is 0 Å². The van der Waals surface area contributed by atoms with Crippen molar-refractivity contribution in [2.45, 2.75) is 70.7 Å². The van der Waals surface area contributed by atoms with E-state index in [1.54, 1.807) is 0 Å². The van der Waals surface area contributed by atoms with Crippen LogP contribution < -0.4 is 10.4 Å². The Hall–Kier alpha value is -2.28. The van der Waals surface area contributed by atoms with Crippen LogP contribution in [0.25, 0.3) is 0 Å². The Morgan fingerprint density at radius 2 is 1.22 bits per heavy atom. The maximum absolute atomic E-state index is 7.14. The molecule has 0 N–H and O–H groups in total. The molecule has 0 unspecified atom stereocenters. The van der Waals surface area contributed by atoms with Gasteiger partial charge in [-0.25, -0.2) is 0 Å². The Bertz CT molecular complexity index is 1020. The second-order valence-electron chi connectivity index (χ2n) is 11.1. The van der Waals surface area contributed by atoms with Gasteiger partial charge in [-0.1, -0.05) is 112 Å². The molecule has 1 heterocycles. The van der Waals surface area contributed by atoms with E-state index >= 15 is 0 Å². The third-order valence-corrected chi connectivity index (χ3v) is 11.7. The van der Waals surface area contributed by atoms with Crippen molar-refractivity contribution in [2.75, 3.05) is 13.2 Å². The fourth-order valence-corrected chi connectivity index (χ4v) is 9.88. The van der Waals surface area contributed by atoms with Crippen molar-refractivity contribution in [3.05, 3.63) is 96.6 Å². The lowest BCUT2D eigenvalue weighted by Crippen LogP contribution is -2.67. The van der Waals surface area contributed by atoms with Crippen LogP contribution in [-0.2, 0) is 25.2 Å². The molecule has 0 bridgehead atoms. The SMILES string of the molecule is CC1(C)O[C@@H](COCc2ccccc2)C[C@H](CO[Si](c2ccccc2)(c2ccccc2)C(C)(C)C)O1. The summed E-state index contributed by atoms with van der Waals surface area (Å²) in [7, 11) is -2.62. The van der Waals surface area contributed by atoms with E-state index in [2.05, 4.69) is 93.6 Å². The van der Waals surface area contributed by atoms with E-state index in [1.165, 1.54) is 10.4 Å². The average molecular weight is 505 g/mol. The molecule has 1 aliphatic heterocycles. The molecule has 0 aliphatic carbocycles. The van der Waals surface area contributed by atoms with Crippen molar-refractivity contribution in [1.29, 1.82) is 0 Å². The largest absolute Gasteiger partial charge is 0.405 e. The summed E-state index contributed by atoms with van der Waals surface area (Å²) >= 11 is 0. The molecule has 1 saturated heterocycles. The fourth-order valence-electron chi connectivity index (χ4n) is 5.29.